The first-order valence-corrected chi connectivity index (χ1v) is 9.91. The average Bonchev–Trinajstić information content (AvgIpc) is 2.60. The molecule has 2 aromatic carbocycles. The van der Waals surface area contributed by atoms with Gasteiger partial charge in [-0.15, -0.1) is 0 Å². The number of piperidine rings is 1. The number of aromatic hydroxyl groups is 1. The highest BCUT2D eigenvalue weighted by Gasteiger charge is 2.27. The Kier molecular flexibility index (Phi) is 4.38. The van der Waals surface area contributed by atoms with E-state index >= 15 is 0 Å². The molecule has 2 nitrogen and oxygen atoms in total. The molecule has 0 atom stereocenters. The maximum absolute atomic E-state index is 10.6. The van der Waals surface area contributed by atoms with Gasteiger partial charge in [-0.25, -0.2) is 0 Å². The Morgan fingerprint density at radius 2 is 1.80 bits per heavy atom. The van der Waals surface area contributed by atoms with Gasteiger partial charge in [0, 0.05) is 28.4 Å². The van der Waals surface area contributed by atoms with Crippen molar-refractivity contribution in [1.82, 2.24) is 4.90 Å². The second-order valence-electron chi connectivity index (χ2n) is 7.44. The monoisotopic (exact) mass is 351 g/mol. The number of phenols is 1. The number of likely N-dealkylation sites (tertiary alicyclic amines) is 1. The minimum atomic E-state index is 0.407. The molecular weight excluding hydrogens is 326 g/mol. The van der Waals surface area contributed by atoms with Gasteiger partial charge in [-0.1, -0.05) is 49.4 Å². The molecule has 0 amide bonds. The molecule has 1 N–H and O–H groups in total. The van der Waals surface area contributed by atoms with E-state index < -0.39 is 0 Å². The molecule has 0 spiro atoms. The van der Waals surface area contributed by atoms with Crippen LogP contribution in [0.3, 0.4) is 0 Å². The molecule has 3 heteroatoms. The van der Waals surface area contributed by atoms with Crippen molar-refractivity contribution in [2.75, 3.05) is 20.1 Å². The lowest BCUT2D eigenvalue weighted by Gasteiger charge is -2.30. The molecule has 130 valence electrons. The highest BCUT2D eigenvalue weighted by molar-refractivity contribution is 7.99. The molecule has 2 aromatic rings. The van der Waals surface area contributed by atoms with Gasteiger partial charge in [0.1, 0.15) is 5.75 Å². The Hall–Kier alpha value is -1.71. The average molecular weight is 352 g/mol. The highest BCUT2D eigenvalue weighted by Crippen LogP contribution is 2.51. The van der Waals surface area contributed by atoms with Crippen LogP contribution in [-0.4, -0.2) is 30.1 Å². The third-order valence-electron chi connectivity index (χ3n) is 5.36. The largest absolute Gasteiger partial charge is 0.507 e. The Bertz CT molecular complexity index is 843. The highest BCUT2D eigenvalue weighted by atomic mass is 32.2. The van der Waals surface area contributed by atoms with Gasteiger partial charge in [0.2, 0.25) is 0 Å². The predicted octanol–water partition coefficient (Wildman–Crippen LogP) is 5.51. The van der Waals surface area contributed by atoms with E-state index in [0.717, 1.165) is 31.5 Å². The fourth-order valence-corrected chi connectivity index (χ4v) is 4.97. The Morgan fingerprint density at radius 1 is 1.04 bits per heavy atom. The summed E-state index contributed by atoms with van der Waals surface area (Å²) in [4.78, 5) is 4.89. The van der Waals surface area contributed by atoms with Crippen molar-refractivity contribution in [2.45, 2.75) is 42.4 Å². The van der Waals surface area contributed by atoms with Crippen LogP contribution in [0.4, 0.5) is 0 Å². The number of nitrogens with zero attached hydrogens (tertiary/aromatic N) is 1. The van der Waals surface area contributed by atoms with E-state index in [2.05, 4.69) is 50.1 Å². The van der Waals surface area contributed by atoms with Gasteiger partial charge in [-0.2, -0.15) is 0 Å². The molecular formula is C22H25NOS. The van der Waals surface area contributed by atoms with Crippen LogP contribution in [0.2, 0.25) is 0 Å². The van der Waals surface area contributed by atoms with E-state index in [0.29, 0.717) is 11.7 Å². The normalized spacial score (nSPS) is 17.6. The zero-order valence-corrected chi connectivity index (χ0v) is 16.0. The first-order valence-electron chi connectivity index (χ1n) is 9.09. The standard InChI is InChI=1S/C22H25NOS/c1-14(2)16-7-8-17-20(13-16)25-19-6-4-5-18(24)22(19)21(17)15-9-11-23(3)12-10-15/h4-8,13-14,24H,9-12H2,1-3H3. The minimum absolute atomic E-state index is 0.407. The van der Waals surface area contributed by atoms with Crippen molar-refractivity contribution < 1.29 is 5.11 Å². The summed E-state index contributed by atoms with van der Waals surface area (Å²) >= 11 is 1.79. The van der Waals surface area contributed by atoms with Crippen molar-refractivity contribution in [2.24, 2.45) is 0 Å². The lowest BCUT2D eigenvalue weighted by Crippen LogP contribution is -2.27. The smallest absolute Gasteiger partial charge is 0.124 e. The van der Waals surface area contributed by atoms with Gasteiger partial charge in [0.05, 0.1) is 0 Å². The number of phenolic OH excluding ortho intramolecular Hbond substituents is 1. The predicted molar refractivity (Wildman–Crippen MR) is 106 cm³/mol. The molecule has 2 heterocycles. The summed E-state index contributed by atoms with van der Waals surface area (Å²) in [5, 5.41) is 10.6. The fourth-order valence-electron chi connectivity index (χ4n) is 3.80. The van der Waals surface area contributed by atoms with Crippen molar-refractivity contribution in [3.63, 3.8) is 0 Å². The number of benzene rings is 2. The van der Waals surface area contributed by atoms with E-state index in [-0.39, 0.29) is 0 Å². The summed E-state index contributed by atoms with van der Waals surface area (Å²) in [5.41, 5.74) is 6.48. The summed E-state index contributed by atoms with van der Waals surface area (Å²) in [7, 11) is 2.19. The van der Waals surface area contributed by atoms with E-state index in [9.17, 15) is 5.11 Å². The number of hydrogen-bond donors (Lipinski definition) is 1. The summed E-state index contributed by atoms with van der Waals surface area (Å²) in [6, 6.07) is 12.8. The Labute approximate surface area is 154 Å². The van der Waals surface area contributed by atoms with Crippen LogP contribution in [-0.2, 0) is 0 Å². The summed E-state index contributed by atoms with van der Waals surface area (Å²) < 4.78 is 0. The van der Waals surface area contributed by atoms with E-state index in [1.807, 2.05) is 12.1 Å². The van der Waals surface area contributed by atoms with E-state index in [1.54, 1.807) is 11.8 Å². The van der Waals surface area contributed by atoms with Crippen LogP contribution in [0, 0.1) is 0 Å². The second-order valence-corrected chi connectivity index (χ2v) is 8.53. The molecule has 2 aliphatic heterocycles. The van der Waals surface area contributed by atoms with Crippen LogP contribution in [0.1, 0.15) is 49.3 Å². The summed E-state index contributed by atoms with van der Waals surface area (Å²) in [6.07, 6.45) is 2.16. The first kappa shape index (κ1) is 16.7. The third kappa shape index (κ3) is 3.00. The van der Waals surface area contributed by atoms with Gasteiger partial charge in [0.15, 0.2) is 0 Å². The summed E-state index contributed by atoms with van der Waals surface area (Å²) in [6.45, 7) is 6.67. The van der Waals surface area contributed by atoms with Crippen molar-refractivity contribution in [1.29, 1.82) is 0 Å². The van der Waals surface area contributed by atoms with E-state index in [4.69, 9.17) is 0 Å². The zero-order chi connectivity index (χ0) is 17.6. The van der Waals surface area contributed by atoms with Gasteiger partial charge >= 0.3 is 0 Å². The van der Waals surface area contributed by atoms with Crippen LogP contribution in [0.5, 0.6) is 5.75 Å². The van der Waals surface area contributed by atoms with Crippen LogP contribution >= 0.6 is 11.8 Å². The number of fused-ring (bicyclic) bond motifs is 2. The van der Waals surface area contributed by atoms with Gasteiger partial charge in [0.25, 0.3) is 0 Å². The Balaban J connectivity index is 1.92. The van der Waals surface area contributed by atoms with Crippen LogP contribution in [0.15, 0.2) is 51.8 Å². The maximum Gasteiger partial charge on any atom is 0.124 e. The van der Waals surface area contributed by atoms with Crippen molar-refractivity contribution in [3.8, 4) is 5.75 Å². The fraction of sp³-hybridized carbons (Fsp3) is 0.364. The van der Waals surface area contributed by atoms with Crippen molar-refractivity contribution >= 4 is 17.3 Å². The third-order valence-corrected chi connectivity index (χ3v) is 6.48. The second kappa shape index (κ2) is 6.54. The molecule has 0 bridgehead atoms. The molecule has 0 saturated carbocycles. The molecule has 0 aromatic heterocycles. The number of rotatable bonds is 1. The first-order chi connectivity index (χ1) is 12.0. The van der Waals surface area contributed by atoms with Gasteiger partial charge < -0.3 is 10.0 Å². The molecule has 0 aliphatic carbocycles. The molecule has 25 heavy (non-hydrogen) atoms. The SMILES string of the molecule is CC(C)c1ccc2c(c1)Sc1cccc(O)c1C2=C1CCN(C)CC1. The molecule has 2 aliphatic rings. The Morgan fingerprint density at radius 3 is 2.52 bits per heavy atom. The summed E-state index contributed by atoms with van der Waals surface area (Å²) in [5.74, 6) is 0.931. The molecule has 0 unspecified atom stereocenters. The lowest BCUT2D eigenvalue weighted by molar-refractivity contribution is 0.313. The topological polar surface area (TPSA) is 23.5 Å². The van der Waals surface area contributed by atoms with Crippen molar-refractivity contribution in [3.05, 3.63) is 58.7 Å². The van der Waals surface area contributed by atoms with Gasteiger partial charge in [-0.3, -0.25) is 0 Å². The quantitative estimate of drug-likeness (QED) is 0.625. The lowest BCUT2D eigenvalue weighted by atomic mass is 9.86. The zero-order valence-electron chi connectivity index (χ0n) is 15.2. The molecule has 4 rings (SSSR count). The minimum Gasteiger partial charge on any atom is -0.507 e. The number of hydrogen-bond acceptors (Lipinski definition) is 3. The van der Waals surface area contributed by atoms with Crippen LogP contribution in [0.25, 0.3) is 5.57 Å². The molecule has 1 fully saturated rings. The van der Waals surface area contributed by atoms with Crippen LogP contribution < -0.4 is 0 Å². The maximum atomic E-state index is 10.6. The van der Waals surface area contributed by atoms with E-state index in [1.165, 1.54) is 32.1 Å². The molecule has 0 radical (unpaired) electrons. The van der Waals surface area contributed by atoms with Gasteiger partial charge in [-0.05, 0) is 60.7 Å². The molecule has 1 saturated heterocycles.